The van der Waals surface area contributed by atoms with Crippen molar-refractivity contribution in [3.05, 3.63) is 27.1 Å². The second-order valence-corrected chi connectivity index (χ2v) is 6.02. The average molecular weight is 330 g/mol. The van der Waals surface area contributed by atoms with E-state index in [4.69, 9.17) is 10.5 Å². The highest BCUT2D eigenvalue weighted by molar-refractivity contribution is 9.10. The first-order valence-corrected chi connectivity index (χ1v) is 7.27. The number of aromatic nitrogens is 1. The Hall–Kier alpha value is -0.850. The van der Waals surface area contributed by atoms with Crippen molar-refractivity contribution in [2.75, 3.05) is 25.4 Å². The lowest BCUT2D eigenvalue weighted by Gasteiger charge is -2.35. The first-order valence-electron chi connectivity index (χ1n) is 6.48. The summed E-state index contributed by atoms with van der Waals surface area (Å²) < 4.78 is 8.18. The normalized spacial score (nSPS) is 20.9. The van der Waals surface area contributed by atoms with Crippen LogP contribution in [0.25, 0.3) is 0 Å². The highest BCUT2D eigenvalue weighted by Gasteiger charge is 2.22. The molecule has 0 aliphatic carbocycles. The molecule has 1 fully saturated rings. The number of hydrogen-bond acceptors (Lipinski definition) is 4. The molecule has 106 valence electrons. The van der Waals surface area contributed by atoms with E-state index in [1.54, 1.807) is 12.4 Å². The van der Waals surface area contributed by atoms with Gasteiger partial charge in [-0.1, -0.05) is 0 Å². The summed E-state index contributed by atoms with van der Waals surface area (Å²) in [6, 6.07) is 0.525. The zero-order valence-electron chi connectivity index (χ0n) is 11.3. The molecule has 0 amide bonds. The van der Waals surface area contributed by atoms with Gasteiger partial charge in [-0.2, -0.15) is 0 Å². The van der Waals surface area contributed by atoms with Crippen molar-refractivity contribution in [3.8, 4) is 0 Å². The maximum Gasteiger partial charge on any atom is 0.218 e. The van der Waals surface area contributed by atoms with E-state index in [0.29, 0.717) is 17.1 Å². The van der Waals surface area contributed by atoms with E-state index < -0.39 is 0 Å². The van der Waals surface area contributed by atoms with Crippen LogP contribution in [0.3, 0.4) is 0 Å². The van der Waals surface area contributed by atoms with Crippen molar-refractivity contribution in [3.63, 3.8) is 0 Å². The third-order valence-electron chi connectivity index (χ3n) is 3.38. The lowest BCUT2D eigenvalue weighted by Crippen LogP contribution is -2.47. The second-order valence-electron chi connectivity index (χ2n) is 5.17. The Morgan fingerprint density at radius 3 is 2.89 bits per heavy atom. The van der Waals surface area contributed by atoms with Gasteiger partial charge in [0.15, 0.2) is 0 Å². The molecule has 2 heterocycles. The molecule has 1 aromatic rings. The largest absolute Gasteiger partial charge is 0.394 e. The summed E-state index contributed by atoms with van der Waals surface area (Å²) in [7, 11) is 0. The highest BCUT2D eigenvalue weighted by atomic mass is 79.9. The van der Waals surface area contributed by atoms with E-state index in [-0.39, 0.29) is 17.2 Å². The lowest BCUT2D eigenvalue weighted by molar-refractivity contribution is -0.0456. The standard InChI is InChI=1S/C13H20BrN3O2/c1-9(2)17-3-4-19-10(6-17)5-16-7-11(14)13(18)12(15)8-16/h7-10H,3-6,15H2,1-2H3. The van der Waals surface area contributed by atoms with Crippen LogP contribution in [-0.4, -0.2) is 41.3 Å². The molecule has 2 N–H and O–H groups in total. The van der Waals surface area contributed by atoms with Crippen LogP contribution in [0, 0.1) is 0 Å². The van der Waals surface area contributed by atoms with Crippen LogP contribution < -0.4 is 11.2 Å². The minimum atomic E-state index is -0.162. The van der Waals surface area contributed by atoms with Crippen molar-refractivity contribution in [1.82, 2.24) is 9.47 Å². The molecule has 1 aliphatic heterocycles. The van der Waals surface area contributed by atoms with Gasteiger partial charge in [0.25, 0.3) is 0 Å². The number of rotatable bonds is 3. The number of nitrogen functional groups attached to an aromatic ring is 1. The smallest absolute Gasteiger partial charge is 0.218 e. The summed E-state index contributed by atoms with van der Waals surface area (Å²) in [6.07, 6.45) is 3.56. The quantitative estimate of drug-likeness (QED) is 0.908. The number of pyridine rings is 1. The number of nitrogens with two attached hydrogens (primary N) is 1. The first-order chi connectivity index (χ1) is 8.97. The fourth-order valence-electron chi connectivity index (χ4n) is 2.28. The Balaban J connectivity index is 2.07. The summed E-state index contributed by atoms with van der Waals surface area (Å²) >= 11 is 3.23. The number of hydrogen-bond donors (Lipinski definition) is 1. The van der Waals surface area contributed by atoms with Gasteiger partial charge in [-0.3, -0.25) is 9.69 Å². The summed E-state index contributed by atoms with van der Waals surface area (Å²) in [4.78, 5) is 13.9. The molecule has 0 spiro atoms. The van der Waals surface area contributed by atoms with Crippen LogP contribution in [0.1, 0.15) is 13.8 Å². The predicted molar refractivity (Wildman–Crippen MR) is 79.3 cm³/mol. The van der Waals surface area contributed by atoms with Gasteiger partial charge in [0.1, 0.15) is 0 Å². The van der Waals surface area contributed by atoms with Crippen LogP contribution >= 0.6 is 15.9 Å². The molecule has 6 heteroatoms. The molecule has 19 heavy (non-hydrogen) atoms. The van der Waals surface area contributed by atoms with E-state index in [1.165, 1.54) is 0 Å². The Bertz CT molecular complexity index is 475. The maximum atomic E-state index is 11.5. The summed E-state index contributed by atoms with van der Waals surface area (Å²) in [5.74, 6) is 0. The topological polar surface area (TPSA) is 60.5 Å². The predicted octanol–water partition coefficient (Wildman–Crippen LogP) is 1.30. The summed E-state index contributed by atoms with van der Waals surface area (Å²) in [6.45, 7) is 7.71. The van der Waals surface area contributed by atoms with E-state index in [1.807, 2.05) is 4.57 Å². The molecule has 1 atom stereocenters. The van der Waals surface area contributed by atoms with Crippen molar-refractivity contribution in [2.45, 2.75) is 32.5 Å². The van der Waals surface area contributed by atoms with Crippen LogP contribution in [0.2, 0.25) is 0 Å². The molecule has 1 aromatic heterocycles. The molecule has 0 saturated carbocycles. The molecule has 1 unspecified atom stereocenters. The zero-order chi connectivity index (χ0) is 14.0. The van der Waals surface area contributed by atoms with Gasteiger partial charge in [0, 0.05) is 38.1 Å². The van der Waals surface area contributed by atoms with Gasteiger partial charge in [-0.25, -0.2) is 0 Å². The molecule has 0 radical (unpaired) electrons. The Morgan fingerprint density at radius 1 is 1.53 bits per heavy atom. The molecule has 1 aliphatic rings. The monoisotopic (exact) mass is 329 g/mol. The fourth-order valence-corrected chi connectivity index (χ4v) is 2.77. The Morgan fingerprint density at radius 2 is 2.26 bits per heavy atom. The minimum Gasteiger partial charge on any atom is -0.394 e. The Kier molecular flexibility index (Phi) is 4.65. The number of anilines is 1. The third-order valence-corrected chi connectivity index (χ3v) is 3.94. The minimum absolute atomic E-state index is 0.130. The van der Waals surface area contributed by atoms with E-state index in [9.17, 15) is 4.79 Å². The number of ether oxygens (including phenoxy) is 1. The molecule has 2 rings (SSSR count). The van der Waals surface area contributed by atoms with Crippen LogP contribution in [0.5, 0.6) is 0 Å². The average Bonchev–Trinajstić information content (AvgIpc) is 2.36. The molecule has 0 bridgehead atoms. The SMILES string of the molecule is CC(C)N1CCOC(Cn2cc(N)c(=O)c(Br)c2)C1. The van der Waals surface area contributed by atoms with Gasteiger partial charge in [0.05, 0.1) is 22.9 Å². The fraction of sp³-hybridized carbons (Fsp3) is 0.615. The van der Waals surface area contributed by atoms with Gasteiger partial charge in [-0.15, -0.1) is 0 Å². The first kappa shape index (κ1) is 14.6. The summed E-state index contributed by atoms with van der Waals surface area (Å²) in [5.41, 5.74) is 5.78. The van der Waals surface area contributed by atoms with Crippen molar-refractivity contribution in [1.29, 1.82) is 0 Å². The van der Waals surface area contributed by atoms with Gasteiger partial charge in [0.2, 0.25) is 5.43 Å². The Labute approximate surface area is 121 Å². The number of morpholine rings is 1. The van der Waals surface area contributed by atoms with Crippen molar-refractivity contribution >= 4 is 21.6 Å². The number of halogens is 1. The molecular formula is C13H20BrN3O2. The lowest BCUT2D eigenvalue weighted by atomic mass is 10.2. The van der Waals surface area contributed by atoms with Crippen LogP contribution in [-0.2, 0) is 11.3 Å². The number of nitrogens with zero attached hydrogens (tertiary/aromatic N) is 2. The van der Waals surface area contributed by atoms with Gasteiger partial charge >= 0.3 is 0 Å². The van der Waals surface area contributed by atoms with Gasteiger partial charge in [-0.05, 0) is 29.8 Å². The molecular weight excluding hydrogens is 310 g/mol. The van der Waals surface area contributed by atoms with Crippen molar-refractivity contribution < 1.29 is 4.74 Å². The zero-order valence-corrected chi connectivity index (χ0v) is 12.9. The van der Waals surface area contributed by atoms with E-state index in [0.717, 1.165) is 19.7 Å². The van der Waals surface area contributed by atoms with E-state index in [2.05, 4.69) is 34.7 Å². The van der Waals surface area contributed by atoms with Gasteiger partial charge < -0.3 is 15.0 Å². The van der Waals surface area contributed by atoms with Crippen molar-refractivity contribution in [2.24, 2.45) is 0 Å². The highest BCUT2D eigenvalue weighted by Crippen LogP contribution is 2.12. The molecule has 0 aromatic carbocycles. The molecule has 5 nitrogen and oxygen atoms in total. The second kappa shape index (κ2) is 6.07. The van der Waals surface area contributed by atoms with E-state index >= 15 is 0 Å². The summed E-state index contributed by atoms with van der Waals surface area (Å²) in [5, 5.41) is 0. The maximum absolute atomic E-state index is 11.5. The van der Waals surface area contributed by atoms with Crippen LogP contribution in [0.4, 0.5) is 5.69 Å². The van der Waals surface area contributed by atoms with Crippen LogP contribution in [0.15, 0.2) is 21.7 Å². The molecule has 1 saturated heterocycles. The third kappa shape index (κ3) is 3.58.